The summed E-state index contributed by atoms with van der Waals surface area (Å²) in [7, 11) is 2.08. The van der Waals surface area contributed by atoms with Crippen LogP contribution < -0.4 is 10.6 Å². The molecule has 0 bridgehead atoms. The molecule has 3 aromatic rings. The van der Waals surface area contributed by atoms with Crippen molar-refractivity contribution < 1.29 is 0 Å². The molecule has 0 aliphatic rings. The second-order valence-electron chi connectivity index (χ2n) is 4.69. The molecule has 7 heteroatoms. The third-order valence-electron chi connectivity index (χ3n) is 3.31. The predicted molar refractivity (Wildman–Crippen MR) is 84.8 cm³/mol. The van der Waals surface area contributed by atoms with Gasteiger partial charge in [-0.15, -0.1) is 22.7 Å². The molecule has 0 unspecified atom stereocenters. The van der Waals surface area contributed by atoms with Crippen molar-refractivity contribution in [3.63, 3.8) is 0 Å². The van der Waals surface area contributed by atoms with Crippen molar-refractivity contribution in [1.82, 2.24) is 14.4 Å². The minimum Gasteiger partial charge on any atom is -0.353 e. The summed E-state index contributed by atoms with van der Waals surface area (Å²) < 4.78 is 2.14. The summed E-state index contributed by atoms with van der Waals surface area (Å²) in [5.41, 5.74) is 9.93. The maximum absolute atomic E-state index is 5.74. The summed E-state index contributed by atoms with van der Waals surface area (Å²) in [5, 5.41) is 2.06. The Kier molecular flexibility index (Phi) is 3.73. The third kappa shape index (κ3) is 2.32. The van der Waals surface area contributed by atoms with E-state index in [1.807, 2.05) is 12.4 Å². The Balaban J connectivity index is 1.94. The van der Waals surface area contributed by atoms with Crippen LogP contribution in [0.5, 0.6) is 0 Å². The van der Waals surface area contributed by atoms with Crippen molar-refractivity contribution >= 4 is 33.5 Å². The normalized spacial score (nSPS) is 11.3. The van der Waals surface area contributed by atoms with E-state index in [1.54, 1.807) is 22.7 Å². The van der Waals surface area contributed by atoms with Crippen LogP contribution >= 0.6 is 22.7 Å². The zero-order valence-corrected chi connectivity index (χ0v) is 13.2. The van der Waals surface area contributed by atoms with Crippen LogP contribution in [-0.4, -0.2) is 28.0 Å². The van der Waals surface area contributed by atoms with Crippen LogP contribution in [0, 0.1) is 6.92 Å². The van der Waals surface area contributed by atoms with E-state index in [0.29, 0.717) is 6.54 Å². The summed E-state index contributed by atoms with van der Waals surface area (Å²) in [5.74, 6) is 1.02. The molecule has 3 aromatic heterocycles. The number of nitrogens with two attached hydrogens (primary N) is 1. The first kappa shape index (κ1) is 13.5. The molecule has 0 amide bonds. The first-order valence-corrected chi connectivity index (χ1v) is 8.21. The Morgan fingerprint density at radius 3 is 2.95 bits per heavy atom. The van der Waals surface area contributed by atoms with E-state index >= 15 is 0 Å². The second-order valence-corrected chi connectivity index (χ2v) is 6.51. The molecule has 2 N–H and O–H groups in total. The molecule has 0 aliphatic carbocycles. The topological polar surface area (TPSA) is 59.5 Å². The monoisotopic (exact) mass is 307 g/mol. The van der Waals surface area contributed by atoms with Gasteiger partial charge in [-0.3, -0.25) is 4.40 Å². The number of rotatable bonds is 5. The van der Waals surface area contributed by atoms with Gasteiger partial charge in [-0.1, -0.05) is 0 Å². The lowest BCUT2D eigenvalue weighted by Gasteiger charge is -2.17. The molecule has 106 valence electrons. The fourth-order valence-corrected chi connectivity index (χ4v) is 3.82. The first-order valence-electron chi connectivity index (χ1n) is 6.45. The van der Waals surface area contributed by atoms with E-state index in [9.17, 15) is 0 Å². The molecule has 0 saturated carbocycles. The van der Waals surface area contributed by atoms with Gasteiger partial charge in [0.05, 0.1) is 23.4 Å². The molecule has 20 heavy (non-hydrogen) atoms. The van der Waals surface area contributed by atoms with Crippen LogP contribution in [0.1, 0.15) is 16.3 Å². The number of aromatic nitrogens is 3. The molecule has 5 nitrogen and oxygen atoms in total. The van der Waals surface area contributed by atoms with Crippen LogP contribution in [0.25, 0.3) is 4.96 Å². The Morgan fingerprint density at radius 1 is 1.40 bits per heavy atom. The molecule has 0 spiro atoms. The van der Waals surface area contributed by atoms with Crippen LogP contribution in [0.15, 0.2) is 17.1 Å². The fraction of sp³-hybridized carbons (Fsp3) is 0.385. The van der Waals surface area contributed by atoms with Gasteiger partial charge in [0, 0.05) is 29.9 Å². The Bertz CT molecular complexity index is 711. The lowest BCUT2D eigenvalue weighted by molar-refractivity contribution is 0.860. The van der Waals surface area contributed by atoms with Crippen LogP contribution in [0.2, 0.25) is 0 Å². The summed E-state index contributed by atoms with van der Waals surface area (Å²) in [6.45, 7) is 3.51. The van der Waals surface area contributed by atoms with Crippen molar-refractivity contribution in [2.75, 3.05) is 18.5 Å². The van der Waals surface area contributed by atoms with Crippen molar-refractivity contribution in [3.05, 3.63) is 33.4 Å². The zero-order valence-electron chi connectivity index (χ0n) is 11.5. The summed E-state index contributed by atoms with van der Waals surface area (Å²) in [6, 6.07) is 0. The zero-order chi connectivity index (χ0) is 14.1. The SMILES string of the molecule is Cc1ncsc1CN(C)c1nc2sccn2c1CCN. The molecule has 0 aromatic carbocycles. The molecular formula is C13H17N5S2. The van der Waals surface area contributed by atoms with Crippen molar-refractivity contribution in [1.29, 1.82) is 0 Å². The average molecular weight is 307 g/mol. The molecule has 3 rings (SSSR count). The Hall–Kier alpha value is -1.44. The van der Waals surface area contributed by atoms with Crippen molar-refractivity contribution in [2.45, 2.75) is 19.9 Å². The first-order chi connectivity index (χ1) is 9.70. The lowest BCUT2D eigenvalue weighted by atomic mass is 10.3. The minimum atomic E-state index is 0.629. The van der Waals surface area contributed by atoms with Crippen LogP contribution in [-0.2, 0) is 13.0 Å². The summed E-state index contributed by atoms with van der Waals surface area (Å²) >= 11 is 3.34. The standard InChI is InChI=1S/C13H17N5S2/c1-9-11(20-8-15-9)7-17(2)12-10(3-4-14)18-5-6-19-13(18)16-12/h5-6,8H,3-4,7,14H2,1-2H3. The Morgan fingerprint density at radius 2 is 2.25 bits per heavy atom. The third-order valence-corrected chi connectivity index (χ3v) is 4.98. The van der Waals surface area contributed by atoms with Crippen LogP contribution in [0.4, 0.5) is 5.82 Å². The van der Waals surface area contributed by atoms with Gasteiger partial charge >= 0.3 is 0 Å². The maximum atomic E-state index is 5.74. The van der Waals surface area contributed by atoms with Gasteiger partial charge in [0.15, 0.2) is 10.8 Å². The van der Waals surface area contributed by atoms with E-state index < -0.39 is 0 Å². The highest BCUT2D eigenvalue weighted by molar-refractivity contribution is 7.15. The van der Waals surface area contributed by atoms with E-state index in [0.717, 1.165) is 29.4 Å². The maximum Gasteiger partial charge on any atom is 0.195 e. The summed E-state index contributed by atoms with van der Waals surface area (Å²) in [4.78, 5) is 13.5. The van der Waals surface area contributed by atoms with Crippen molar-refractivity contribution in [2.24, 2.45) is 5.73 Å². The number of hydrogen-bond acceptors (Lipinski definition) is 6. The van der Waals surface area contributed by atoms with E-state index in [2.05, 4.69) is 32.9 Å². The number of nitrogens with zero attached hydrogens (tertiary/aromatic N) is 4. The van der Waals surface area contributed by atoms with Gasteiger partial charge in [0.2, 0.25) is 0 Å². The molecule has 0 saturated heterocycles. The van der Waals surface area contributed by atoms with Gasteiger partial charge in [-0.25, -0.2) is 9.97 Å². The summed E-state index contributed by atoms with van der Waals surface area (Å²) in [6.07, 6.45) is 2.90. The largest absolute Gasteiger partial charge is 0.353 e. The predicted octanol–water partition coefficient (Wildman–Crippen LogP) is 2.30. The molecule has 0 fully saturated rings. The molecular weight excluding hydrogens is 290 g/mol. The highest BCUT2D eigenvalue weighted by Gasteiger charge is 2.17. The van der Waals surface area contributed by atoms with Crippen molar-refractivity contribution in [3.8, 4) is 0 Å². The quantitative estimate of drug-likeness (QED) is 0.786. The second kappa shape index (κ2) is 5.51. The van der Waals surface area contributed by atoms with Gasteiger partial charge in [-0.05, 0) is 13.5 Å². The number of fused-ring (bicyclic) bond motifs is 1. The smallest absolute Gasteiger partial charge is 0.195 e. The van der Waals surface area contributed by atoms with E-state index in [4.69, 9.17) is 10.7 Å². The average Bonchev–Trinajstić information content (AvgIpc) is 3.09. The highest BCUT2D eigenvalue weighted by atomic mass is 32.1. The number of thiazole rings is 2. The lowest BCUT2D eigenvalue weighted by Crippen LogP contribution is -2.19. The molecule has 0 aliphatic heterocycles. The van der Waals surface area contributed by atoms with Crippen LogP contribution in [0.3, 0.4) is 0 Å². The Labute approximate surface area is 125 Å². The number of imidazole rings is 1. The highest BCUT2D eigenvalue weighted by Crippen LogP contribution is 2.26. The van der Waals surface area contributed by atoms with E-state index in [1.165, 1.54) is 10.6 Å². The number of hydrogen-bond donors (Lipinski definition) is 1. The molecule has 3 heterocycles. The van der Waals surface area contributed by atoms with E-state index in [-0.39, 0.29) is 0 Å². The molecule has 0 atom stereocenters. The fourth-order valence-electron chi connectivity index (χ4n) is 2.26. The van der Waals surface area contributed by atoms with Gasteiger partial charge in [-0.2, -0.15) is 0 Å². The van der Waals surface area contributed by atoms with Gasteiger partial charge in [0.1, 0.15) is 0 Å². The number of aryl methyl sites for hydroxylation is 1. The minimum absolute atomic E-state index is 0.629. The number of anilines is 1. The molecule has 0 radical (unpaired) electrons. The van der Waals surface area contributed by atoms with Gasteiger partial charge < -0.3 is 10.6 Å². The van der Waals surface area contributed by atoms with Gasteiger partial charge in [0.25, 0.3) is 0 Å².